The Kier molecular flexibility index (Phi) is 7.29. The number of pyridine rings is 1. The molecule has 0 saturated heterocycles. The number of hydrogen-bond acceptors (Lipinski definition) is 6. The SMILES string of the molecule is CC(C)C(C)(c1ccc(OCc2ccccn2)cc1)c1ccc(-c2noc(C(C)(C)NC(=O)O)n2)cc1. The number of hydrogen-bond donors (Lipinski definition) is 2. The fraction of sp³-hybridized carbons (Fsp3) is 0.310. The van der Waals surface area contributed by atoms with Crippen LogP contribution in [0.25, 0.3) is 11.4 Å². The number of carboxylic acid groups (broad SMARTS) is 1. The van der Waals surface area contributed by atoms with Crippen LogP contribution >= 0.6 is 0 Å². The number of benzene rings is 2. The molecule has 8 heteroatoms. The number of amides is 1. The quantitative estimate of drug-likeness (QED) is 0.282. The van der Waals surface area contributed by atoms with Crippen LogP contribution < -0.4 is 10.1 Å². The second-order valence-corrected chi connectivity index (χ2v) is 10.0. The molecule has 2 N–H and O–H groups in total. The van der Waals surface area contributed by atoms with Gasteiger partial charge in [0.1, 0.15) is 17.9 Å². The molecule has 192 valence electrons. The van der Waals surface area contributed by atoms with E-state index < -0.39 is 11.6 Å². The average Bonchev–Trinajstić information content (AvgIpc) is 3.39. The molecule has 0 aliphatic carbocycles. The van der Waals surface area contributed by atoms with Gasteiger partial charge in [-0.2, -0.15) is 4.98 Å². The molecule has 0 fully saturated rings. The summed E-state index contributed by atoms with van der Waals surface area (Å²) in [6.07, 6.45) is 0.603. The molecule has 8 nitrogen and oxygen atoms in total. The molecule has 2 aromatic carbocycles. The van der Waals surface area contributed by atoms with Gasteiger partial charge in [0.25, 0.3) is 5.89 Å². The zero-order chi connectivity index (χ0) is 26.6. The maximum atomic E-state index is 11.1. The van der Waals surface area contributed by atoms with E-state index in [1.54, 1.807) is 20.0 Å². The van der Waals surface area contributed by atoms with Crippen molar-refractivity contribution in [2.45, 2.75) is 52.2 Å². The Labute approximate surface area is 216 Å². The van der Waals surface area contributed by atoms with Gasteiger partial charge in [-0.05, 0) is 55.2 Å². The number of ether oxygens (including phenoxy) is 1. The number of carbonyl (C=O) groups is 1. The fourth-order valence-electron chi connectivity index (χ4n) is 4.25. The fourth-order valence-corrected chi connectivity index (χ4v) is 4.25. The van der Waals surface area contributed by atoms with E-state index >= 15 is 0 Å². The summed E-state index contributed by atoms with van der Waals surface area (Å²) in [5.74, 6) is 1.72. The van der Waals surface area contributed by atoms with Crippen LogP contribution in [0.1, 0.15) is 57.3 Å². The zero-order valence-corrected chi connectivity index (χ0v) is 21.7. The van der Waals surface area contributed by atoms with Crippen molar-refractivity contribution >= 4 is 6.09 Å². The van der Waals surface area contributed by atoms with Crippen LogP contribution in [-0.4, -0.2) is 26.3 Å². The van der Waals surface area contributed by atoms with E-state index in [9.17, 15) is 4.79 Å². The van der Waals surface area contributed by atoms with Crippen molar-refractivity contribution in [2.75, 3.05) is 0 Å². The van der Waals surface area contributed by atoms with Gasteiger partial charge < -0.3 is 19.7 Å². The van der Waals surface area contributed by atoms with Crippen LogP contribution in [-0.2, 0) is 17.6 Å². The third-order valence-corrected chi connectivity index (χ3v) is 6.84. The summed E-state index contributed by atoms with van der Waals surface area (Å²) in [7, 11) is 0. The van der Waals surface area contributed by atoms with Crippen molar-refractivity contribution in [3.05, 3.63) is 95.6 Å². The van der Waals surface area contributed by atoms with Gasteiger partial charge in [-0.1, -0.05) is 68.4 Å². The largest absolute Gasteiger partial charge is 0.487 e. The van der Waals surface area contributed by atoms with E-state index in [1.165, 1.54) is 5.56 Å². The molecule has 4 aromatic rings. The maximum absolute atomic E-state index is 11.1. The summed E-state index contributed by atoms with van der Waals surface area (Å²) in [6, 6.07) is 22.1. The molecule has 0 aliphatic rings. The predicted molar refractivity (Wildman–Crippen MR) is 140 cm³/mol. The van der Waals surface area contributed by atoms with Crippen molar-refractivity contribution in [3.8, 4) is 17.1 Å². The molecule has 0 saturated carbocycles. The molecule has 0 bridgehead atoms. The van der Waals surface area contributed by atoms with Gasteiger partial charge in [0, 0.05) is 17.2 Å². The van der Waals surface area contributed by atoms with Gasteiger partial charge in [-0.25, -0.2) is 4.79 Å². The lowest BCUT2D eigenvalue weighted by Crippen LogP contribution is -2.40. The first-order valence-corrected chi connectivity index (χ1v) is 12.2. The Hall–Kier alpha value is -4.20. The van der Waals surface area contributed by atoms with Crippen LogP contribution in [0.5, 0.6) is 5.75 Å². The molecular formula is C29H32N4O4. The normalized spacial score (nSPS) is 13.2. The Morgan fingerprint density at radius 1 is 1.00 bits per heavy atom. The average molecular weight is 501 g/mol. The highest BCUT2D eigenvalue weighted by Gasteiger charge is 2.33. The van der Waals surface area contributed by atoms with Gasteiger partial charge in [-0.15, -0.1) is 0 Å². The molecular weight excluding hydrogens is 468 g/mol. The maximum Gasteiger partial charge on any atom is 0.405 e. The van der Waals surface area contributed by atoms with Crippen molar-refractivity contribution in [2.24, 2.45) is 5.92 Å². The molecule has 37 heavy (non-hydrogen) atoms. The van der Waals surface area contributed by atoms with Crippen LogP contribution in [0, 0.1) is 5.92 Å². The van der Waals surface area contributed by atoms with E-state index in [1.807, 2.05) is 42.5 Å². The lowest BCUT2D eigenvalue weighted by Gasteiger charge is -2.35. The lowest BCUT2D eigenvalue weighted by molar-refractivity contribution is 0.173. The molecule has 1 amide bonds. The van der Waals surface area contributed by atoms with E-state index in [2.05, 4.69) is 65.5 Å². The second-order valence-electron chi connectivity index (χ2n) is 10.0. The monoisotopic (exact) mass is 500 g/mol. The topological polar surface area (TPSA) is 110 Å². The van der Waals surface area contributed by atoms with Gasteiger partial charge in [-0.3, -0.25) is 4.98 Å². The van der Waals surface area contributed by atoms with E-state index in [0.29, 0.717) is 18.3 Å². The minimum absolute atomic E-state index is 0.200. The summed E-state index contributed by atoms with van der Waals surface area (Å²) < 4.78 is 11.3. The van der Waals surface area contributed by atoms with Gasteiger partial charge >= 0.3 is 6.09 Å². The first kappa shape index (κ1) is 25.9. The summed E-state index contributed by atoms with van der Waals surface area (Å²) in [5.41, 5.74) is 2.77. The predicted octanol–water partition coefficient (Wildman–Crippen LogP) is 6.18. The second kappa shape index (κ2) is 10.4. The highest BCUT2D eigenvalue weighted by molar-refractivity contribution is 5.65. The highest BCUT2D eigenvalue weighted by atomic mass is 16.5. The number of aromatic nitrogens is 3. The molecule has 1 atom stereocenters. The van der Waals surface area contributed by atoms with Crippen LogP contribution in [0.3, 0.4) is 0 Å². The van der Waals surface area contributed by atoms with Crippen LogP contribution in [0.15, 0.2) is 77.4 Å². The first-order chi connectivity index (χ1) is 17.6. The summed E-state index contributed by atoms with van der Waals surface area (Å²) in [4.78, 5) is 19.8. The number of nitrogens with zero attached hydrogens (tertiary/aromatic N) is 3. The number of rotatable bonds is 9. The summed E-state index contributed by atoms with van der Waals surface area (Å²) in [5, 5.41) is 15.5. The standard InChI is InChI=1S/C29H32N4O4/c1-19(2)29(5,22-13-15-24(16-14-22)36-18-23-8-6-7-17-30-23)21-11-9-20(10-12-21)25-31-26(37-33-25)28(3,4)32-27(34)35/h6-17,19,32H,18H2,1-5H3,(H,34,35). The number of nitrogens with one attached hydrogen (secondary N) is 1. The zero-order valence-electron chi connectivity index (χ0n) is 21.7. The van der Waals surface area contributed by atoms with Crippen LogP contribution in [0.2, 0.25) is 0 Å². The minimum atomic E-state index is -1.16. The minimum Gasteiger partial charge on any atom is -0.487 e. The molecule has 0 radical (unpaired) electrons. The first-order valence-electron chi connectivity index (χ1n) is 12.2. The molecule has 0 spiro atoms. The van der Waals surface area contributed by atoms with Crippen LogP contribution in [0.4, 0.5) is 4.79 Å². The lowest BCUT2D eigenvalue weighted by atomic mass is 9.68. The third kappa shape index (κ3) is 5.63. The van der Waals surface area contributed by atoms with E-state index in [0.717, 1.165) is 22.6 Å². The van der Waals surface area contributed by atoms with Crippen molar-refractivity contribution < 1.29 is 19.2 Å². The van der Waals surface area contributed by atoms with Gasteiger partial charge in [0.15, 0.2) is 0 Å². The Morgan fingerprint density at radius 3 is 2.22 bits per heavy atom. The van der Waals surface area contributed by atoms with Gasteiger partial charge in [0.2, 0.25) is 5.82 Å². The van der Waals surface area contributed by atoms with E-state index in [-0.39, 0.29) is 11.3 Å². The van der Waals surface area contributed by atoms with Crippen molar-refractivity contribution in [3.63, 3.8) is 0 Å². The van der Waals surface area contributed by atoms with E-state index in [4.69, 9.17) is 14.4 Å². The molecule has 2 aromatic heterocycles. The Morgan fingerprint density at radius 2 is 1.65 bits per heavy atom. The molecule has 2 heterocycles. The molecule has 1 unspecified atom stereocenters. The van der Waals surface area contributed by atoms with Crippen molar-refractivity contribution in [1.82, 2.24) is 20.4 Å². The third-order valence-electron chi connectivity index (χ3n) is 6.84. The summed E-state index contributed by atoms with van der Waals surface area (Å²) in [6.45, 7) is 10.4. The highest BCUT2D eigenvalue weighted by Crippen LogP contribution is 2.40. The summed E-state index contributed by atoms with van der Waals surface area (Å²) >= 11 is 0. The molecule has 0 aliphatic heterocycles. The molecule has 4 rings (SSSR count). The van der Waals surface area contributed by atoms with Crippen molar-refractivity contribution in [1.29, 1.82) is 0 Å². The Bertz CT molecular complexity index is 1330. The Balaban J connectivity index is 1.53. The smallest absolute Gasteiger partial charge is 0.405 e. The van der Waals surface area contributed by atoms with Gasteiger partial charge in [0.05, 0.1) is 5.69 Å².